The Morgan fingerprint density at radius 3 is 2.19 bits per heavy atom. The van der Waals surface area contributed by atoms with Crippen LogP contribution in [0.5, 0.6) is 0 Å². The Balaban J connectivity index is 1.87. The molecule has 0 atom stereocenters. The number of carbonyl (C=O) groups is 2. The number of aryl methyl sites for hydroxylation is 1. The second-order valence-electron chi connectivity index (χ2n) is 6.79. The lowest BCUT2D eigenvalue weighted by Crippen LogP contribution is -2.51. The van der Waals surface area contributed by atoms with Crippen molar-refractivity contribution in [2.75, 3.05) is 45.9 Å². The molecule has 0 aromatic heterocycles. The number of carbonyl (C=O) groups excluding carboxylic acids is 2. The molecule has 0 bridgehead atoms. The van der Waals surface area contributed by atoms with Crippen LogP contribution in [0, 0.1) is 6.92 Å². The predicted molar refractivity (Wildman–Crippen MR) is 98.7 cm³/mol. The van der Waals surface area contributed by atoms with E-state index in [1.165, 1.54) is 17.0 Å². The lowest BCUT2D eigenvalue weighted by atomic mass is 10.2. The van der Waals surface area contributed by atoms with Gasteiger partial charge in [0.1, 0.15) is 6.54 Å². The number of benzene rings is 1. The maximum atomic E-state index is 13.1. The van der Waals surface area contributed by atoms with Gasteiger partial charge in [-0.15, -0.1) is 0 Å². The molecule has 8 nitrogen and oxygen atoms in total. The number of hydrogen-bond donors (Lipinski definition) is 0. The monoisotopic (exact) mass is 395 g/mol. The predicted octanol–water partition coefficient (Wildman–Crippen LogP) is 1.06. The van der Waals surface area contributed by atoms with Crippen LogP contribution in [0.4, 0.5) is 4.79 Å². The number of sulfonamides is 1. The number of hydrogen-bond acceptors (Lipinski definition) is 5. The molecule has 1 aromatic rings. The van der Waals surface area contributed by atoms with Crippen molar-refractivity contribution >= 4 is 22.0 Å². The molecule has 2 saturated heterocycles. The van der Waals surface area contributed by atoms with Gasteiger partial charge in [-0.1, -0.05) is 17.7 Å². The molecule has 0 radical (unpaired) electrons. The summed E-state index contributed by atoms with van der Waals surface area (Å²) in [5, 5.41) is 0. The molecule has 0 spiro atoms. The van der Waals surface area contributed by atoms with Gasteiger partial charge in [0.15, 0.2) is 0 Å². The highest BCUT2D eigenvalue weighted by molar-refractivity contribution is 7.89. The first-order valence-corrected chi connectivity index (χ1v) is 10.6. The van der Waals surface area contributed by atoms with Crippen molar-refractivity contribution < 1.29 is 22.7 Å². The number of likely N-dealkylation sites (tertiary alicyclic amines) is 1. The summed E-state index contributed by atoms with van der Waals surface area (Å²) in [6.45, 7) is 3.99. The molecule has 27 heavy (non-hydrogen) atoms. The summed E-state index contributed by atoms with van der Waals surface area (Å²) < 4.78 is 32.2. The molecule has 2 heterocycles. The standard InChI is InChI=1S/C18H25N3O5S/c1-15-4-6-16(7-5-15)27(24,25)21(18(23)20-8-2-3-9-20)14-17(22)19-10-12-26-13-11-19/h4-7H,2-3,8-14H2,1H3. The van der Waals surface area contributed by atoms with Crippen LogP contribution < -0.4 is 0 Å². The maximum absolute atomic E-state index is 13.1. The van der Waals surface area contributed by atoms with Crippen molar-refractivity contribution in [3.05, 3.63) is 29.8 Å². The van der Waals surface area contributed by atoms with Gasteiger partial charge in [-0.05, 0) is 31.9 Å². The van der Waals surface area contributed by atoms with E-state index in [9.17, 15) is 18.0 Å². The summed E-state index contributed by atoms with van der Waals surface area (Å²) in [5.41, 5.74) is 0.913. The molecule has 9 heteroatoms. The van der Waals surface area contributed by atoms with Crippen LogP contribution >= 0.6 is 0 Å². The van der Waals surface area contributed by atoms with Gasteiger partial charge in [-0.3, -0.25) is 4.79 Å². The summed E-state index contributed by atoms with van der Waals surface area (Å²) >= 11 is 0. The highest BCUT2D eigenvalue weighted by Crippen LogP contribution is 2.20. The van der Waals surface area contributed by atoms with Gasteiger partial charge >= 0.3 is 6.03 Å². The van der Waals surface area contributed by atoms with Gasteiger partial charge in [0.2, 0.25) is 5.91 Å². The number of nitrogens with zero attached hydrogens (tertiary/aromatic N) is 3. The van der Waals surface area contributed by atoms with Crippen LogP contribution in [0.25, 0.3) is 0 Å². The average Bonchev–Trinajstić information content (AvgIpc) is 3.21. The van der Waals surface area contributed by atoms with Crippen LogP contribution in [0.3, 0.4) is 0 Å². The number of urea groups is 1. The topological polar surface area (TPSA) is 87.2 Å². The van der Waals surface area contributed by atoms with Gasteiger partial charge in [-0.2, -0.15) is 0 Å². The van der Waals surface area contributed by atoms with Crippen LogP contribution in [-0.4, -0.2) is 80.4 Å². The van der Waals surface area contributed by atoms with E-state index in [0.717, 1.165) is 22.7 Å². The summed E-state index contributed by atoms with van der Waals surface area (Å²) in [4.78, 5) is 28.6. The fourth-order valence-corrected chi connectivity index (χ4v) is 4.53. The highest BCUT2D eigenvalue weighted by Gasteiger charge is 2.36. The first-order valence-electron chi connectivity index (χ1n) is 9.13. The van der Waals surface area contributed by atoms with Gasteiger partial charge < -0.3 is 14.5 Å². The van der Waals surface area contributed by atoms with E-state index in [-0.39, 0.29) is 10.8 Å². The number of amides is 3. The molecule has 1 aromatic carbocycles. The zero-order valence-electron chi connectivity index (χ0n) is 15.5. The molecule has 0 aliphatic carbocycles. The van der Waals surface area contributed by atoms with E-state index in [1.807, 2.05) is 6.92 Å². The fourth-order valence-electron chi connectivity index (χ4n) is 3.19. The van der Waals surface area contributed by atoms with Gasteiger partial charge in [0.25, 0.3) is 10.0 Å². The van der Waals surface area contributed by atoms with Crippen molar-refractivity contribution in [3.63, 3.8) is 0 Å². The van der Waals surface area contributed by atoms with E-state index in [4.69, 9.17) is 4.74 Å². The summed E-state index contributed by atoms with van der Waals surface area (Å²) in [7, 11) is -4.12. The number of morpholine rings is 1. The zero-order chi connectivity index (χ0) is 19.4. The molecular weight excluding hydrogens is 370 g/mol. The highest BCUT2D eigenvalue weighted by atomic mass is 32.2. The van der Waals surface area contributed by atoms with Crippen molar-refractivity contribution in [1.82, 2.24) is 14.1 Å². The molecule has 3 amide bonds. The van der Waals surface area contributed by atoms with E-state index in [0.29, 0.717) is 39.4 Å². The minimum absolute atomic E-state index is 0.00965. The Bertz CT molecular complexity index is 782. The van der Waals surface area contributed by atoms with Crippen LogP contribution in [0.1, 0.15) is 18.4 Å². The Hall–Kier alpha value is -2.13. The normalized spacial score (nSPS) is 17.8. The molecule has 0 N–H and O–H groups in total. The molecule has 2 fully saturated rings. The first kappa shape index (κ1) is 19.6. The summed E-state index contributed by atoms with van der Waals surface area (Å²) in [6.07, 6.45) is 1.67. The smallest absolute Gasteiger partial charge is 0.334 e. The van der Waals surface area contributed by atoms with Gasteiger partial charge in [-0.25, -0.2) is 17.5 Å². The zero-order valence-corrected chi connectivity index (χ0v) is 16.3. The third-order valence-electron chi connectivity index (χ3n) is 4.84. The molecule has 0 saturated carbocycles. The Morgan fingerprint density at radius 1 is 1.00 bits per heavy atom. The lowest BCUT2D eigenvalue weighted by molar-refractivity contribution is -0.135. The fraction of sp³-hybridized carbons (Fsp3) is 0.556. The average molecular weight is 395 g/mol. The van der Waals surface area contributed by atoms with Crippen LogP contribution in [0.2, 0.25) is 0 Å². The molecule has 0 unspecified atom stereocenters. The molecule has 3 rings (SSSR count). The molecular formula is C18H25N3O5S. The van der Waals surface area contributed by atoms with Crippen molar-refractivity contribution in [3.8, 4) is 0 Å². The quantitative estimate of drug-likeness (QED) is 0.761. The second kappa shape index (κ2) is 8.26. The van der Waals surface area contributed by atoms with Crippen LogP contribution in [0.15, 0.2) is 29.2 Å². The largest absolute Gasteiger partial charge is 0.378 e. The Labute approximate surface area is 159 Å². The number of rotatable bonds is 4. The van der Waals surface area contributed by atoms with Gasteiger partial charge in [0.05, 0.1) is 18.1 Å². The molecule has 2 aliphatic rings. The van der Waals surface area contributed by atoms with E-state index in [1.54, 1.807) is 17.0 Å². The second-order valence-corrected chi connectivity index (χ2v) is 8.66. The van der Waals surface area contributed by atoms with E-state index < -0.39 is 22.6 Å². The maximum Gasteiger partial charge on any atom is 0.334 e. The molecule has 148 valence electrons. The molecule has 2 aliphatic heterocycles. The minimum atomic E-state index is -4.12. The van der Waals surface area contributed by atoms with Crippen molar-refractivity contribution in [1.29, 1.82) is 0 Å². The Kier molecular flexibility index (Phi) is 6.01. The van der Waals surface area contributed by atoms with Crippen LogP contribution in [-0.2, 0) is 19.6 Å². The lowest BCUT2D eigenvalue weighted by Gasteiger charge is -2.31. The third-order valence-corrected chi connectivity index (χ3v) is 6.58. The van der Waals surface area contributed by atoms with E-state index in [2.05, 4.69) is 0 Å². The van der Waals surface area contributed by atoms with Crippen molar-refractivity contribution in [2.24, 2.45) is 0 Å². The third kappa shape index (κ3) is 4.41. The number of ether oxygens (including phenoxy) is 1. The Morgan fingerprint density at radius 2 is 1.59 bits per heavy atom. The minimum Gasteiger partial charge on any atom is -0.378 e. The SMILES string of the molecule is Cc1ccc(S(=O)(=O)N(CC(=O)N2CCOCC2)C(=O)N2CCCC2)cc1. The van der Waals surface area contributed by atoms with E-state index >= 15 is 0 Å². The van der Waals surface area contributed by atoms with Crippen molar-refractivity contribution in [2.45, 2.75) is 24.7 Å². The first-order chi connectivity index (χ1) is 12.9. The summed E-state index contributed by atoms with van der Waals surface area (Å²) in [5.74, 6) is -0.387. The van der Waals surface area contributed by atoms with Gasteiger partial charge in [0, 0.05) is 26.2 Å². The summed E-state index contributed by atoms with van der Waals surface area (Å²) in [6, 6.07) is 5.65.